The first kappa shape index (κ1) is 12.1. The molecule has 6 nitrogen and oxygen atoms in total. The fraction of sp³-hybridized carbons (Fsp3) is 0.400. The van der Waals surface area contributed by atoms with Gasteiger partial charge in [0.25, 0.3) is 5.43 Å². The van der Waals surface area contributed by atoms with E-state index in [0.29, 0.717) is 6.42 Å². The number of hydrogen-bond donors (Lipinski definition) is 0. The van der Waals surface area contributed by atoms with E-state index in [2.05, 4.69) is 0 Å². The quantitative estimate of drug-likeness (QED) is 0.570. The van der Waals surface area contributed by atoms with Crippen LogP contribution in [0.5, 0.6) is 0 Å². The summed E-state index contributed by atoms with van der Waals surface area (Å²) in [5.74, 6) is -0.0436. The van der Waals surface area contributed by atoms with Crippen molar-refractivity contribution >= 4 is 11.5 Å². The molecule has 1 aromatic heterocycles. The van der Waals surface area contributed by atoms with Gasteiger partial charge in [-0.3, -0.25) is 19.7 Å². The van der Waals surface area contributed by atoms with E-state index in [1.165, 1.54) is 10.8 Å². The third-order valence-corrected chi connectivity index (χ3v) is 2.38. The molecular formula is C10H12N2O4. The predicted octanol–water partition coefficient (Wildman–Crippen LogP) is 1.30. The maximum atomic E-state index is 11.4. The molecule has 0 bridgehead atoms. The minimum absolute atomic E-state index is 0.0436. The molecule has 1 aromatic rings. The second kappa shape index (κ2) is 4.69. The van der Waals surface area contributed by atoms with Crippen molar-refractivity contribution < 1.29 is 9.72 Å². The van der Waals surface area contributed by atoms with Gasteiger partial charge in [0.1, 0.15) is 0 Å². The third-order valence-electron chi connectivity index (χ3n) is 2.38. The molecule has 0 saturated carbocycles. The van der Waals surface area contributed by atoms with Crippen LogP contribution in [-0.4, -0.2) is 15.3 Å². The molecule has 0 N–H and O–H groups in total. The van der Waals surface area contributed by atoms with E-state index in [4.69, 9.17) is 0 Å². The number of aromatic nitrogens is 1. The first-order valence-corrected chi connectivity index (χ1v) is 4.86. The molecule has 0 fully saturated rings. The van der Waals surface area contributed by atoms with Crippen LogP contribution in [0.15, 0.2) is 23.3 Å². The molecule has 1 heterocycles. The first-order chi connectivity index (χ1) is 7.47. The smallest absolute Gasteiger partial charge is 0.332 e. The Kier molecular flexibility index (Phi) is 3.55. The molecule has 1 atom stereocenters. The van der Waals surface area contributed by atoms with Gasteiger partial charge in [0, 0.05) is 18.7 Å². The van der Waals surface area contributed by atoms with Gasteiger partial charge < -0.3 is 4.57 Å². The summed E-state index contributed by atoms with van der Waals surface area (Å²) >= 11 is 0. The zero-order valence-corrected chi connectivity index (χ0v) is 9.04. The topological polar surface area (TPSA) is 82.2 Å². The normalized spacial score (nSPS) is 12.1. The van der Waals surface area contributed by atoms with Crippen molar-refractivity contribution in [3.8, 4) is 0 Å². The molecule has 0 aliphatic rings. The van der Waals surface area contributed by atoms with Gasteiger partial charge in [-0.05, 0) is 6.92 Å². The van der Waals surface area contributed by atoms with Gasteiger partial charge in [-0.2, -0.15) is 0 Å². The lowest BCUT2D eigenvalue weighted by atomic mass is 10.1. The molecule has 0 aliphatic carbocycles. The van der Waals surface area contributed by atoms with Crippen LogP contribution < -0.4 is 5.43 Å². The van der Waals surface area contributed by atoms with Crippen LogP contribution >= 0.6 is 0 Å². The van der Waals surface area contributed by atoms with E-state index >= 15 is 0 Å². The van der Waals surface area contributed by atoms with Crippen molar-refractivity contribution in [2.24, 2.45) is 0 Å². The fourth-order valence-corrected chi connectivity index (χ4v) is 1.33. The van der Waals surface area contributed by atoms with Crippen molar-refractivity contribution in [3.63, 3.8) is 0 Å². The fourth-order valence-electron chi connectivity index (χ4n) is 1.33. The van der Waals surface area contributed by atoms with Crippen LogP contribution in [-0.2, 0) is 4.79 Å². The van der Waals surface area contributed by atoms with E-state index in [-0.39, 0.29) is 5.78 Å². The molecule has 0 aliphatic heterocycles. The van der Waals surface area contributed by atoms with Crippen LogP contribution in [0.25, 0.3) is 0 Å². The van der Waals surface area contributed by atoms with Crippen LogP contribution in [0.3, 0.4) is 0 Å². The number of Topliss-reactive ketones (excluding diaryl/α,β-unsaturated/α-hetero) is 1. The molecule has 0 spiro atoms. The van der Waals surface area contributed by atoms with Gasteiger partial charge >= 0.3 is 5.69 Å². The summed E-state index contributed by atoms with van der Waals surface area (Å²) in [7, 11) is 0. The molecule has 0 amide bonds. The average molecular weight is 224 g/mol. The van der Waals surface area contributed by atoms with Gasteiger partial charge in [0.2, 0.25) is 0 Å². The molecule has 6 heteroatoms. The first-order valence-electron chi connectivity index (χ1n) is 4.86. The van der Waals surface area contributed by atoms with Crippen LogP contribution in [0.4, 0.5) is 5.69 Å². The highest BCUT2D eigenvalue weighted by Crippen LogP contribution is 2.11. The summed E-state index contributed by atoms with van der Waals surface area (Å²) in [5.41, 5.74) is -1.17. The number of pyridine rings is 1. The summed E-state index contributed by atoms with van der Waals surface area (Å²) in [4.78, 5) is 32.3. The van der Waals surface area contributed by atoms with Crippen molar-refractivity contribution in [3.05, 3.63) is 38.8 Å². The van der Waals surface area contributed by atoms with Crippen molar-refractivity contribution in [2.75, 3.05) is 0 Å². The van der Waals surface area contributed by atoms with Gasteiger partial charge in [-0.15, -0.1) is 0 Å². The zero-order chi connectivity index (χ0) is 12.3. The van der Waals surface area contributed by atoms with Gasteiger partial charge in [0.15, 0.2) is 5.78 Å². The van der Waals surface area contributed by atoms with E-state index in [1.54, 1.807) is 13.8 Å². The van der Waals surface area contributed by atoms with E-state index in [1.807, 2.05) is 0 Å². The Morgan fingerprint density at radius 1 is 1.62 bits per heavy atom. The number of ketones is 1. The summed E-state index contributed by atoms with van der Waals surface area (Å²) in [5, 5.41) is 10.5. The van der Waals surface area contributed by atoms with E-state index in [0.717, 1.165) is 12.3 Å². The molecule has 0 aromatic carbocycles. The van der Waals surface area contributed by atoms with E-state index < -0.39 is 22.1 Å². The number of nitro groups is 1. The summed E-state index contributed by atoms with van der Waals surface area (Å²) < 4.78 is 1.38. The maximum absolute atomic E-state index is 11.4. The van der Waals surface area contributed by atoms with Crippen LogP contribution in [0.2, 0.25) is 0 Å². The second-order valence-corrected chi connectivity index (χ2v) is 3.39. The molecular weight excluding hydrogens is 212 g/mol. The Morgan fingerprint density at radius 2 is 2.25 bits per heavy atom. The summed E-state index contributed by atoms with van der Waals surface area (Å²) in [6.07, 6.45) is 2.83. The minimum Gasteiger partial charge on any atom is -0.338 e. The standard InChI is InChI=1S/C10H12N2O4/c1-3-9(13)7(2)11-5-4-10(14)8(6-11)12(15)16/h4-7H,3H2,1-2H3. The Labute approximate surface area is 91.7 Å². The summed E-state index contributed by atoms with van der Waals surface area (Å²) in [6, 6.07) is 0.599. The molecule has 0 radical (unpaired) electrons. The predicted molar refractivity (Wildman–Crippen MR) is 57.4 cm³/mol. The highest BCUT2D eigenvalue weighted by Gasteiger charge is 2.17. The molecule has 1 rings (SSSR count). The molecule has 0 saturated heterocycles. The number of nitrogens with zero attached hydrogens (tertiary/aromatic N) is 2. The van der Waals surface area contributed by atoms with Crippen LogP contribution in [0.1, 0.15) is 26.3 Å². The third kappa shape index (κ3) is 2.33. The van der Waals surface area contributed by atoms with Gasteiger partial charge in [-0.1, -0.05) is 6.92 Å². The Hall–Kier alpha value is -1.98. The number of carbonyl (C=O) groups excluding carboxylic acids is 1. The van der Waals surface area contributed by atoms with Crippen molar-refractivity contribution in [2.45, 2.75) is 26.3 Å². The number of hydrogen-bond acceptors (Lipinski definition) is 4. The zero-order valence-electron chi connectivity index (χ0n) is 9.04. The minimum atomic E-state index is -0.748. The molecule has 1 unspecified atom stereocenters. The van der Waals surface area contributed by atoms with Crippen molar-refractivity contribution in [1.82, 2.24) is 4.57 Å². The van der Waals surface area contributed by atoms with Crippen molar-refractivity contribution in [1.29, 1.82) is 0 Å². The van der Waals surface area contributed by atoms with Gasteiger partial charge in [0.05, 0.1) is 17.2 Å². The molecule has 86 valence electrons. The lowest BCUT2D eigenvalue weighted by Crippen LogP contribution is -2.18. The highest BCUT2D eigenvalue weighted by atomic mass is 16.6. The highest BCUT2D eigenvalue weighted by molar-refractivity contribution is 5.81. The SMILES string of the molecule is CCC(=O)C(C)n1ccc(=O)c([N+](=O)[O-])c1. The van der Waals surface area contributed by atoms with Crippen LogP contribution in [0, 0.1) is 10.1 Å². The second-order valence-electron chi connectivity index (χ2n) is 3.39. The number of rotatable bonds is 4. The Morgan fingerprint density at radius 3 is 2.75 bits per heavy atom. The Balaban J connectivity index is 3.17. The average Bonchev–Trinajstić information content (AvgIpc) is 2.27. The lowest BCUT2D eigenvalue weighted by Gasteiger charge is -2.12. The summed E-state index contributed by atoms with van der Waals surface area (Å²) in [6.45, 7) is 3.36. The monoisotopic (exact) mass is 224 g/mol. The Bertz CT molecular complexity index is 478. The molecule has 16 heavy (non-hydrogen) atoms. The van der Waals surface area contributed by atoms with E-state index in [9.17, 15) is 19.7 Å². The lowest BCUT2D eigenvalue weighted by molar-refractivity contribution is -0.386. The number of carbonyl (C=O) groups is 1. The maximum Gasteiger partial charge on any atom is 0.332 e. The largest absolute Gasteiger partial charge is 0.338 e. The van der Waals surface area contributed by atoms with Gasteiger partial charge in [-0.25, -0.2) is 0 Å².